The standard InChI is InChI=1S/C10H15IO/c1-9-4-3-7(5-8(9)12)10(9,2)6-11/h7H,3-6H2,1-2H3/t7-,9-,10+/m0/s1. The Hall–Kier alpha value is 0.400. The third kappa shape index (κ3) is 0.777. The Labute approximate surface area is 87.4 Å². The normalized spacial score (nSPS) is 51.9. The van der Waals surface area contributed by atoms with E-state index in [4.69, 9.17) is 0 Å². The Balaban J connectivity index is 2.44. The van der Waals surface area contributed by atoms with Crippen molar-refractivity contribution in [1.29, 1.82) is 0 Å². The van der Waals surface area contributed by atoms with Crippen molar-refractivity contribution >= 4 is 28.4 Å². The van der Waals surface area contributed by atoms with E-state index in [1.165, 1.54) is 6.42 Å². The molecule has 68 valence electrons. The minimum atomic E-state index is 0.0266. The van der Waals surface area contributed by atoms with Gasteiger partial charge in [-0.2, -0.15) is 0 Å². The molecule has 2 aliphatic carbocycles. The van der Waals surface area contributed by atoms with E-state index in [0.29, 0.717) is 17.1 Å². The van der Waals surface area contributed by atoms with Crippen molar-refractivity contribution in [3.8, 4) is 0 Å². The molecule has 2 fully saturated rings. The van der Waals surface area contributed by atoms with E-state index < -0.39 is 0 Å². The van der Waals surface area contributed by atoms with E-state index in [0.717, 1.165) is 17.3 Å². The SMILES string of the molecule is C[C@]12CC[C@@H](CC1=O)[C@@]2(C)CI. The van der Waals surface area contributed by atoms with Gasteiger partial charge < -0.3 is 0 Å². The predicted octanol–water partition coefficient (Wildman–Crippen LogP) is 2.82. The summed E-state index contributed by atoms with van der Waals surface area (Å²) in [6.45, 7) is 4.49. The molecule has 12 heavy (non-hydrogen) atoms. The largest absolute Gasteiger partial charge is 0.299 e. The van der Waals surface area contributed by atoms with Crippen molar-refractivity contribution < 1.29 is 4.79 Å². The molecule has 0 aromatic heterocycles. The van der Waals surface area contributed by atoms with Gasteiger partial charge in [0, 0.05) is 16.3 Å². The van der Waals surface area contributed by atoms with Crippen LogP contribution in [-0.2, 0) is 4.79 Å². The number of alkyl halides is 1. The Bertz CT molecular complexity index is 238. The van der Waals surface area contributed by atoms with Crippen LogP contribution in [0.15, 0.2) is 0 Å². The number of Topliss-reactive ketones (excluding diaryl/α,β-unsaturated/α-hetero) is 1. The second-order valence-corrected chi connectivity index (χ2v) is 5.51. The van der Waals surface area contributed by atoms with Crippen LogP contribution in [0.2, 0.25) is 0 Å². The molecule has 2 saturated carbocycles. The van der Waals surface area contributed by atoms with Gasteiger partial charge in [0.25, 0.3) is 0 Å². The topological polar surface area (TPSA) is 17.1 Å². The van der Waals surface area contributed by atoms with Crippen LogP contribution in [0.5, 0.6) is 0 Å². The average molecular weight is 278 g/mol. The molecule has 0 spiro atoms. The number of ketones is 1. The summed E-state index contributed by atoms with van der Waals surface area (Å²) < 4.78 is 1.14. The Morgan fingerprint density at radius 3 is 2.50 bits per heavy atom. The average Bonchev–Trinajstić information content (AvgIpc) is 2.39. The number of rotatable bonds is 1. The summed E-state index contributed by atoms with van der Waals surface area (Å²) in [6, 6.07) is 0. The summed E-state index contributed by atoms with van der Waals surface area (Å²) in [5.74, 6) is 1.21. The number of hydrogen-bond acceptors (Lipinski definition) is 1. The van der Waals surface area contributed by atoms with Gasteiger partial charge in [0.05, 0.1) is 0 Å². The van der Waals surface area contributed by atoms with Gasteiger partial charge in [-0.3, -0.25) is 4.79 Å². The van der Waals surface area contributed by atoms with Gasteiger partial charge in [-0.1, -0.05) is 36.4 Å². The maximum atomic E-state index is 11.7. The lowest BCUT2D eigenvalue weighted by atomic mass is 9.70. The second-order valence-electron chi connectivity index (χ2n) is 4.75. The molecular formula is C10H15IO. The molecule has 2 aliphatic rings. The van der Waals surface area contributed by atoms with Crippen molar-refractivity contribution in [3.05, 3.63) is 0 Å². The zero-order chi connectivity index (χ0) is 8.98. The molecular weight excluding hydrogens is 263 g/mol. The van der Waals surface area contributed by atoms with Crippen LogP contribution < -0.4 is 0 Å². The minimum absolute atomic E-state index is 0.0266. The summed E-state index contributed by atoms with van der Waals surface area (Å²) in [5.41, 5.74) is 0.337. The van der Waals surface area contributed by atoms with Gasteiger partial charge in [0.2, 0.25) is 0 Å². The van der Waals surface area contributed by atoms with Crippen LogP contribution in [0.4, 0.5) is 0 Å². The smallest absolute Gasteiger partial charge is 0.139 e. The quantitative estimate of drug-likeness (QED) is 0.532. The van der Waals surface area contributed by atoms with E-state index >= 15 is 0 Å². The van der Waals surface area contributed by atoms with Gasteiger partial charge in [0.15, 0.2) is 0 Å². The lowest BCUT2D eigenvalue weighted by Crippen LogP contribution is -2.36. The summed E-state index contributed by atoms with van der Waals surface area (Å²) in [5, 5.41) is 0. The van der Waals surface area contributed by atoms with Gasteiger partial charge in [-0.25, -0.2) is 0 Å². The molecule has 0 heterocycles. The fourth-order valence-corrected chi connectivity index (χ4v) is 4.47. The van der Waals surface area contributed by atoms with Gasteiger partial charge in [0.1, 0.15) is 5.78 Å². The highest BCUT2D eigenvalue weighted by Crippen LogP contribution is 2.64. The summed E-state index contributed by atoms with van der Waals surface area (Å²) in [7, 11) is 0. The number of fused-ring (bicyclic) bond motifs is 2. The molecule has 0 aromatic rings. The van der Waals surface area contributed by atoms with Crippen molar-refractivity contribution in [2.24, 2.45) is 16.7 Å². The summed E-state index contributed by atoms with van der Waals surface area (Å²) in [4.78, 5) is 11.7. The van der Waals surface area contributed by atoms with Crippen LogP contribution in [0, 0.1) is 16.7 Å². The molecule has 0 N–H and O–H groups in total. The summed E-state index contributed by atoms with van der Waals surface area (Å²) >= 11 is 2.44. The van der Waals surface area contributed by atoms with E-state index in [1.807, 2.05) is 0 Å². The Kier molecular flexibility index (Phi) is 1.84. The third-order valence-electron chi connectivity index (χ3n) is 4.48. The highest BCUT2D eigenvalue weighted by molar-refractivity contribution is 14.1. The lowest BCUT2D eigenvalue weighted by Gasteiger charge is -2.34. The third-order valence-corrected chi connectivity index (χ3v) is 6.06. The molecule has 0 unspecified atom stereocenters. The maximum Gasteiger partial charge on any atom is 0.139 e. The van der Waals surface area contributed by atoms with Crippen LogP contribution >= 0.6 is 22.6 Å². The number of halogens is 1. The monoisotopic (exact) mass is 278 g/mol. The van der Waals surface area contributed by atoms with Crippen LogP contribution in [-0.4, -0.2) is 10.2 Å². The van der Waals surface area contributed by atoms with E-state index in [-0.39, 0.29) is 5.41 Å². The number of carbonyl (C=O) groups is 1. The molecule has 3 atom stereocenters. The molecule has 0 radical (unpaired) electrons. The first-order valence-corrected chi connectivity index (χ1v) is 6.16. The predicted molar refractivity (Wildman–Crippen MR) is 57.4 cm³/mol. The molecule has 0 saturated heterocycles. The zero-order valence-corrected chi connectivity index (χ0v) is 9.85. The maximum absolute atomic E-state index is 11.7. The Morgan fingerprint density at radius 2 is 2.25 bits per heavy atom. The first-order chi connectivity index (χ1) is 5.54. The van der Waals surface area contributed by atoms with Gasteiger partial charge in [-0.15, -0.1) is 0 Å². The Morgan fingerprint density at radius 1 is 1.58 bits per heavy atom. The molecule has 0 aromatic carbocycles. The van der Waals surface area contributed by atoms with E-state index in [2.05, 4.69) is 36.4 Å². The molecule has 2 heteroatoms. The van der Waals surface area contributed by atoms with Crippen molar-refractivity contribution in [2.75, 3.05) is 4.43 Å². The first kappa shape index (κ1) is 8.97. The van der Waals surface area contributed by atoms with Gasteiger partial charge in [-0.05, 0) is 24.2 Å². The van der Waals surface area contributed by atoms with Crippen molar-refractivity contribution in [1.82, 2.24) is 0 Å². The molecule has 2 rings (SSSR count). The van der Waals surface area contributed by atoms with E-state index in [9.17, 15) is 4.79 Å². The molecule has 0 aliphatic heterocycles. The first-order valence-electron chi connectivity index (χ1n) is 4.64. The van der Waals surface area contributed by atoms with E-state index in [1.54, 1.807) is 0 Å². The van der Waals surface area contributed by atoms with Gasteiger partial charge >= 0.3 is 0 Å². The van der Waals surface area contributed by atoms with Crippen LogP contribution in [0.3, 0.4) is 0 Å². The second kappa shape index (κ2) is 2.46. The fraction of sp³-hybridized carbons (Fsp3) is 0.900. The molecule has 1 nitrogen and oxygen atoms in total. The highest BCUT2D eigenvalue weighted by atomic mass is 127. The number of carbonyl (C=O) groups excluding carboxylic acids is 1. The molecule has 2 bridgehead atoms. The van der Waals surface area contributed by atoms with Crippen LogP contribution in [0.1, 0.15) is 33.1 Å². The molecule has 0 amide bonds. The summed E-state index contributed by atoms with van der Waals surface area (Å²) in [6.07, 6.45) is 3.27. The van der Waals surface area contributed by atoms with Crippen LogP contribution in [0.25, 0.3) is 0 Å². The minimum Gasteiger partial charge on any atom is -0.299 e. The number of hydrogen-bond donors (Lipinski definition) is 0. The van der Waals surface area contributed by atoms with Crippen molar-refractivity contribution in [2.45, 2.75) is 33.1 Å². The fourth-order valence-electron chi connectivity index (χ4n) is 3.01. The van der Waals surface area contributed by atoms with Crippen molar-refractivity contribution in [3.63, 3.8) is 0 Å². The zero-order valence-electron chi connectivity index (χ0n) is 7.69. The highest BCUT2D eigenvalue weighted by Gasteiger charge is 2.63. The lowest BCUT2D eigenvalue weighted by molar-refractivity contribution is -0.128.